The molecule has 0 spiro atoms. The van der Waals surface area contributed by atoms with E-state index in [0.29, 0.717) is 5.41 Å². The van der Waals surface area contributed by atoms with Crippen molar-refractivity contribution in [2.75, 3.05) is 26.7 Å². The van der Waals surface area contributed by atoms with Gasteiger partial charge in [-0.25, -0.2) is 0 Å². The van der Waals surface area contributed by atoms with Gasteiger partial charge in [-0.3, -0.25) is 0 Å². The van der Waals surface area contributed by atoms with Crippen molar-refractivity contribution < 1.29 is 4.74 Å². The van der Waals surface area contributed by atoms with E-state index in [9.17, 15) is 0 Å². The lowest BCUT2D eigenvalue weighted by Gasteiger charge is -2.14. The molecule has 0 atom stereocenters. The number of benzene rings is 1. The van der Waals surface area contributed by atoms with E-state index in [4.69, 9.17) is 10.5 Å². The molecule has 1 fully saturated rings. The van der Waals surface area contributed by atoms with E-state index in [-0.39, 0.29) is 0 Å². The van der Waals surface area contributed by atoms with Crippen LogP contribution in [0.3, 0.4) is 0 Å². The number of nitrogens with two attached hydrogens (primary N) is 1. The summed E-state index contributed by atoms with van der Waals surface area (Å²) in [5.74, 6) is 0.958. The zero-order valence-electron chi connectivity index (χ0n) is 10.8. The first kappa shape index (κ1) is 13.8. The molecule has 4 heteroatoms. The van der Waals surface area contributed by atoms with Crippen LogP contribution in [0.2, 0.25) is 0 Å². The van der Waals surface area contributed by atoms with E-state index in [0.717, 1.165) is 36.3 Å². The fourth-order valence-corrected chi connectivity index (χ4v) is 2.56. The van der Waals surface area contributed by atoms with Gasteiger partial charge in [-0.15, -0.1) is 0 Å². The van der Waals surface area contributed by atoms with Gasteiger partial charge in [0.25, 0.3) is 0 Å². The van der Waals surface area contributed by atoms with Crippen LogP contribution >= 0.6 is 15.9 Å². The van der Waals surface area contributed by atoms with E-state index in [2.05, 4.69) is 27.3 Å². The molecule has 0 heterocycles. The van der Waals surface area contributed by atoms with Gasteiger partial charge >= 0.3 is 0 Å². The lowest BCUT2D eigenvalue weighted by molar-refractivity contribution is 0.408. The lowest BCUT2D eigenvalue weighted by Crippen LogP contribution is -2.30. The summed E-state index contributed by atoms with van der Waals surface area (Å²) in [6, 6.07) is 6.13. The third kappa shape index (κ3) is 3.46. The van der Waals surface area contributed by atoms with Crippen LogP contribution in [0.1, 0.15) is 18.4 Å². The Labute approximate surface area is 117 Å². The predicted molar refractivity (Wildman–Crippen MR) is 78.0 cm³/mol. The van der Waals surface area contributed by atoms with Crippen molar-refractivity contribution in [2.24, 2.45) is 11.1 Å². The van der Waals surface area contributed by atoms with Gasteiger partial charge in [-0.1, -0.05) is 15.9 Å². The van der Waals surface area contributed by atoms with E-state index in [1.807, 2.05) is 12.1 Å². The Bertz CT molecular complexity index is 405. The molecule has 0 amide bonds. The number of nitrogens with one attached hydrogen (secondary N) is 1. The minimum atomic E-state index is 0.404. The smallest absolute Gasteiger partial charge is 0.122 e. The molecule has 1 aromatic rings. The highest BCUT2D eigenvalue weighted by Crippen LogP contribution is 2.43. The second kappa shape index (κ2) is 6.04. The third-order valence-corrected chi connectivity index (χ3v) is 4.20. The molecule has 0 aromatic heterocycles. The zero-order valence-corrected chi connectivity index (χ0v) is 12.4. The van der Waals surface area contributed by atoms with Crippen LogP contribution in [0.4, 0.5) is 0 Å². The number of methoxy groups -OCH3 is 1. The summed E-state index contributed by atoms with van der Waals surface area (Å²) in [4.78, 5) is 0. The van der Waals surface area contributed by atoms with Crippen LogP contribution in [0, 0.1) is 5.41 Å². The first-order valence-corrected chi connectivity index (χ1v) is 7.22. The Hall–Kier alpha value is -0.580. The Morgan fingerprint density at radius 3 is 2.83 bits per heavy atom. The molecule has 0 saturated heterocycles. The van der Waals surface area contributed by atoms with Crippen LogP contribution < -0.4 is 15.8 Å². The molecule has 1 aromatic carbocycles. The molecule has 0 aliphatic heterocycles. The molecular formula is C14H21BrN2O. The molecule has 0 radical (unpaired) electrons. The standard InChI is InChI=1S/C14H21BrN2O/c1-18-13-3-2-12(15)8-11(13)4-7-17-10-14(9-16)5-6-14/h2-3,8,17H,4-7,9-10,16H2,1H3. The number of ether oxygens (including phenoxy) is 1. The molecule has 1 aliphatic carbocycles. The quantitative estimate of drug-likeness (QED) is 0.760. The second-order valence-corrected chi connectivity index (χ2v) is 6.00. The molecule has 0 bridgehead atoms. The number of rotatable bonds is 7. The molecule has 3 nitrogen and oxygen atoms in total. The van der Waals surface area contributed by atoms with Gasteiger partial charge in [0, 0.05) is 11.0 Å². The maximum atomic E-state index is 5.76. The van der Waals surface area contributed by atoms with Gasteiger partial charge < -0.3 is 15.8 Å². The third-order valence-electron chi connectivity index (χ3n) is 3.70. The first-order chi connectivity index (χ1) is 8.69. The van der Waals surface area contributed by atoms with Crippen molar-refractivity contribution in [3.8, 4) is 5.75 Å². The molecule has 1 aliphatic rings. The van der Waals surface area contributed by atoms with Gasteiger partial charge in [0.1, 0.15) is 5.75 Å². The molecule has 1 saturated carbocycles. The first-order valence-electron chi connectivity index (χ1n) is 6.42. The average molecular weight is 313 g/mol. The maximum Gasteiger partial charge on any atom is 0.122 e. The van der Waals surface area contributed by atoms with E-state index in [1.54, 1.807) is 7.11 Å². The van der Waals surface area contributed by atoms with Crippen LogP contribution in [-0.4, -0.2) is 26.7 Å². The summed E-state index contributed by atoms with van der Waals surface area (Å²) in [6.45, 7) is 2.81. The van der Waals surface area contributed by atoms with Crippen LogP contribution in [-0.2, 0) is 6.42 Å². The minimum absolute atomic E-state index is 0.404. The van der Waals surface area contributed by atoms with Crippen molar-refractivity contribution in [1.29, 1.82) is 0 Å². The summed E-state index contributed by atoms with van der Waals surface area (Å²) < 4.78 is 6.46. The van der Waals surface area contributed by atoms with Crippen molar-refractivity contribution in [1.82, 2.24) is 5.32 Å². The normalized spacial score (nSPS) is 16.6. The van der Waals surface area contributed by atoms with E-state index < -0.39 is 0 Å². The van der Waals surface area contributed by atoms with E-state index in [1.165, 1.54) is 18.4 Å². The topological polar surface area (TPSA) is 47.3 Å². The van der Waals surface area contributed by atoms with Crippen molar-refractivity contribution in [3.05, 3.63) is 28.2 Å². The van der Waals surface area contributed by atoms with Crippen molar-refractivity contribution in [3.63, 3.8) is 0 Å². The number of hydrogen-bond acceptors (Lipinski definition) is 3. The number of halogens is 1. The van der Waals surface area contributed by atoms with Gasteiger partial charge in [-0.05, 0) is 61.5 Å². The molecule has 0 unspecified atom stereocenters. The highest BCUT2D eigenvalue weighted by atomic mass is 79.9. The van der Waals surface area contributed by atoms with Crippen molar-refractivity contribution in [2.45, 2.75) is 19.3 Å². The van der Waals surface area contributed by atoms with Gasteiger partial charge in [0.15, 0.2) is 0 Å². The predicted octanol–water partition coefficient (Wildman–Crippen LogP) is 2.33. The summed E-state index contributed by atoms with van der Waals surface area (Å²) in [7, 11) is 1.72. The lowest BCUT2D eigenvalue weighted by atomic mass is 10.1. The summed E-state index contributed by atoms with van der Waals surface area (Å²) in [5.41, 5.74) is 7.40. The largest absolute Gasteiger partial charge is 0.496 e. The SMILES string of the molecule is COc1ccc(Br)cc1CCNCC1(CN)CC1. The average Bonchev–Trinajstić information content (AvgIpc) is 3.16. The van der Waals surface area contributed by atoms with Crippen LogP contribution in [0.5, 0.6) is 5.75 Å². The van der Waals surface area contributed by atoms with Gasteiger partial charge in [0.2, 0.25) is 0 Å². The molecule has 100 valence electrons. The van der Waals surface area contributed by atoms with Crippen molar-refractivity contribution >= 4 is 15.9 Å². The van der Waals surface area contributed by atoms with E-state index >= 15 is 0 Å². The summed E-state index contributed by atoms with van der Waals surface area (Å²) >= 11 is 3.49. The number of hydrogen-bond donors (Lipinski definition) is 2. The maximum absolute atomic E-state index is 5.76. The van der Waals surface area contributed by atoms with Gasteiger partial charge in [-0.2, -0.15) is 0 Å². The zero-order chi connectivity index (χ0) is 13.0. The Morgan fingerprint density at radius 2 is 2.22 bits per heavy atom. The molecule has 3 N–H and O–H groups in total. The second-order valence-electron chi connectivity index (χ2n) is 5.09. The molecule has 2 rings (SSSR count). The molecular weight excluding hydrogens is 292 g/mol. The Kier molecular flexibility index (Phi) is 4.65. The Balaban J connectivity index is 1.80. The highest BCUT2D eigenvalue weighted by Gasteiger charge is 2.40. The van der Waals surface area contributed by atoms with Gasteiger partial charge in [0.05, 0.1) is 7.11 Å². The van der Waals surface area contributed by atoms with Crippen LogP contribution in [0.15, 0.2) is 22.7 Å². The van der Waals surface area contributed by atoms with Crippen LogP contribution in [0.25, 0.3) is 0 Å². The monoisotopic (exact) mass is 312 g/mol. The summed E-state index contributed by atoms with van der Waals surface area (Å²) in [5, 5.41) is 3.51. The fraction of sp³-hybridized carbons (Fsp3) is 0.571. The fourth-order valence-electron chi connectivity index (χ4n) is 2.15. The molecule has 18 heavy (non-hydrogen) atoms. The summed E-state index contributed by atoms with van der Waals surface area (Å²) in [6.07, 6.45) is 3.52. The minimum Gasteiger partial charge on any atom is -0.496 e. The highest BCUT2D eigenvalue weighted by molar-refractivity contribution is 9.10. The Morgan fingerprint density at radius 1 is 1.44 bits per heavy atom.